The van der Waals surface area contributed by atoms with E-state index in [9.17, 15) is 0 Å². The highest BCUT2D eigenvalue weighted by Crippen LogP contribution is 2.38. The van der Waals surface area contributed by atoms with E-state index in [2.05, 4.69) is 30.3 Å². The van der Waals surface area contributed by atoms with Gasteiger partial charge in [-0.25, -0.2) is 4.98 Å². The Morgan fingerprint density at radius 1 is 1.47 bits per heavy atom. The summed E-state index contributed by atoms with van der Waals surface area (Å²) in [6, 6.07) is 0.755. The Hall–Kier alpha value is -0.830. The Balaban J connectivity index is 2.15. The van der Waals surface area contributed by atoms with Gasteiger partial charge in [0.25, 0.3) is 0 Å². The largest absolute Gasteiger partial charge is 0.330 e. The lowest BCUT2D eigenvalue weighted by Crippen LogP contribution is -2.28. The van der Waals surface area contributed by atoms with Crippen molar-refractivity contribution in [1.82, 2.24) is 9.55 Å². The molecule has 15 heavy (non-hydrogen) atoms. The third-order valence-corrected chi connectivity index (χ3v) is 3.50. The van der Waals surface area contributed by atoms with Gasteiger partial charge in [0.05, 0.1) is 12.0 Å². The van der Waals surface area contributed by atoms with Crippen LogP contribution in [0, 0.1) is 11.8 Å². The molecule has 3 nitrogen and oxygen atoms in total. The van der Waals surface area contributed by atoms with Gasteiger partial charge in [-0.2, -0.15) is 0 Å². The molecule has 1 aromatic heterocycles. The quantitative estimate of drug-likeness (QED) is 0.827. The zero-order chi connectivity index (χ0) is 11.0. The zero-order valence-electron chi connectivity index (χ0n) is 9.85. The van der Waals surface area contributed by atoms with Gasteiger partial charge in [-0.1, -0.05) is 20.8 Å². The lowest BCUT2D eigenvalue weighted by molar-refractivity contribution is 0.208. The average Bonchev–Trinajstić information content (AvgIpc) is 2.59. The summed E-state index contributed by atoms with van der Waals surface area (Å²) in [7, 11) is 0. The van der Waals surface area contributed by atoms with Gasteiger partial charge in [-0.15, -0.1) is 0 Å². The summed E-state index contributed by atoms with van der Waals surface area (Å²) < 4.78 is 2.28. The molecule has 1 unspecified atom stereocenters. The van der Waals surface area contributed by atoms with Gasteiger partial charge in [-0.05, 0) is 24.7 Å². The number of hydrogen-bond donors (Lipinski definition) is 1. The molecule has 1 saturated carbocycles. The summed E-state index contributed by atoms with van der Waals surface area (Å²) in [5.41, 5.74) is 7.37. The maximum absolute atomic E-state index is 6.17. The van der Waals surface area contributed by atoms with Crippen LogP contribution in [-0.4, -0.2) is 9.55 Å². The summed E-state index contributed by atoms with van der Waals surface area (Å²) >= 11 is 0. The molecule has 1 heterocycles. The first-order valence-corrected chi connectivity index (χ1v) is 5.87. The van der Waals surface area contributed by atoms with Gasteiger partial charge >= 0.3 is 0 Å². The molecule has 0 amide bonds. The highest BCUT2D eigenvalue weighted by atomic mass is 15.1. The second-order valence-electron chi connectivity index (χ2n) is 5.23. The second kappa shape index (κ2) is 3.97. The Bertz CT molecular complexity index is 323. The first-order valence-electron chi connectivity index (χ1n) is 5.87. The van der Waals surface area contributed by atoms with Crippen LogP contribution in [0.1, 0.15) is 51.4 Å². The fourth-order valence-electron chi connectivity index (χ4n) is 2.31. The molecule has 0 aromatic carbocycles. The molecule has 1 atom stereocenters. The Kier molecular flexibility index (Phi) is 2.83. The molecule has 1 aliphatic rings. The SMILES string of the molecule is CC1CC(n2cncc2C(N)C(C)C)C1. The van der Waals surface area contributed by atoms with E-state index in [1.807, 2.05) is 12.5 Å². The standard InChI is InChI=1S/C12H21N3/c1-8(2)12(13)11-6-14-7-15(11)10-4-9(3)5-10/h6-10,12H,4-5,13H2,1-3H3. The van der Waals surface area contributed by atoms with Gasteiger partial charge < -0.3 is 10.3 Å². The smallest absolute Gasteiger partial charge is 0.0951 e. The Morgan fingerprint density at radius 3 is 2.67 bits per heavy atom. The topological polar surface area (TPSA) is 43.8 Å². The molecule has 0 aliphatic heterocycles. The van der Waals surface area contributed by atoms with Gasteiger partial charge in [-0.3, -0.25) is 0 Å². The van der Waals surface area contributed by atoms with Crippen LogP contribution >= 0.6 is 0 Å². The predicted molar refractivity (Wildman–Crippen MR) is 61.4 cm³/mol. The molecule has 0 bridgehead atoms. The van der Waals surface area contributed by atoms with Crippen LogP contribution in [0.3, 0.4) is 0 Å². The lowest BCUT2D eigenvalue weighted by Gasteiger charge is -2.35. The van der Waals surface area contributed by atoms with E-state index in [-0.39, 0.29) is 6.04 Å². The van der Waals surface area contributed by atoms with Crippen LogP contribution in [0.15, 0.2) is 12.5 Å². The minimum absolute atomic E-state index is 0.114. The minimum atomic E-state index is 0.114. The van der Waals surface area contributed by atoms with E-state index >= 15 is 0 Å². The van der Waals surface area contributed by atoms with Crippen LogP contribution in [0.4, 0.5) is 0 Å². The monoisotopic (exact) mass is 207 g/mol. The van der Waals surface area contributed by atoms with Crippen molar-refractivity contribution in [2.24, 2.45) is 17.6 Å². The maximum Gasteiger partial charge on any atom is 0.0951 e. The second-order valence-corrected chi connectivity index (χ2v) is 5.23. The number of nitrogens with two attached hydrogens (primary N) is 1. The molecule has 3 heteroatoms. The molecule has 1 aliphatic carbocycles. The molecule has 1 aromatic rings. The summed E-state index contributed by atoms with van der Waals surface area (Å²) in [5, 5.41) is 0. The van der Waals surface area contributed by atoms with Crippen molar-refractivity contribution in [2.75, 3.05) is 0 Å². The van der Waals surface area contributed by atoms with Crippen LogP contribution < -0.4 is 5.73 Å². The maximum atomic E-state index is 6.17. The van der Waals surface area contributed by atoms with Gasteiger partial charge in [0.15, 0.2) is 0 Å². The molecular weight excluding hydrogens is 186 g/mol. The number of nitrogens with zero attached hydrogens (tertiary/aromatic N) is 2. The van der Waals surface area contributed by atoms with Crippen molar-refractivity contribution in [2.45, 2.75) is 45.7 Å². The lowest BCUT2D eigenvalue weighted by atomic mass is 9.81. The van der Waals surface area contributed by atoms with E-state index in [4.69, 9.17) is 5.73 Å². The minimum Gasteiger partial charge on any atom is -0.330 e. The van der Waals surface area contributed by atoms with Crippen molar-refractivity contribution >= 4 is 0 Å². The fraction of sp³-hybridized carbons (Fsp3) is 0.750. The number of hydrogen-bond acceptors (Lipinski definition) is 2. The van der Waals surface area contributed by atoms with Crippen molar-refractivity contribution in [3.8, 4) is 0 Å². The molecule has 2 N–H and O–H groups in total. The summed E-state index contributed by atoms with van der Waals surface area (Å²) in [4.78, 5) is 4.24. The van der Waals surface area contributed by atoms with Gasteiger partial charge in [0.1, 0.15) is 0 Å². The van der Waals surface area contributed by atoms with E-state index in [1.165, 1.54) is 18.5 Å². The molecule has 0 radical (unpaired) electrons. The summed E-state index contributed by atoms with van der Waals surface area (Å²) in [6.45, 7) is 6.62. The normalized spacial score (nSPS) is 27.8. The molecular formula is C12H21N3. The van der Waals surface area contributed by atoms with Gasteiger partial charge in [0, 0.05) is 18.3 Å². The molecule has 0 saturated heterocycles. The van der Waals surface area contributed by atoms with E-state index in [1.54, 1.807) is 0 Å². The van der Waals surface area contributed by atoms with Crippen LogP contribution in [0.25, 0.3) is 0 Å². The summed E-state index contributed by atoms with van der Waals surface area (Å²) in [5.74, 6) is 1.33. The Labute approximate surface area is 91.7 Å². The Morgan fingerprint density at radius 2 is 2.13 bits per heavy atom. The first kappa shape index (κ1) is 10.7. The highest BCUT2D eigenvalue weighted by molar-refractivity contribution is 5.08. The molecule has 0 spiro atoms. The predicted octanol–water partition coefficient (Wildman–Crippen LogP) is 2.51. The molecule has 2 rings (SSSR count). The van der Waals surface area contributed by atoms with Crippen molar-refractivity contribution in [1.29, 1.82) is 0 Å². The van der Waals surface area contributed by atoms with Crippen LogP contribution in [-0.2, 0) is 0 Å². The number of imidazole rings is 1. The van der Waals surface area contributed by atoms with E-state index < -0.39 is 0 Å². The fourth-order valence-corrected chi connectivity index (χ4v) is 2.31. The van der Waals surface area contributed by atoms with Crippen molar-refractivity contribution in [3.63, 3.8) is 0 Å². The van der Waals surface area contributed by atoms with Crippen LogP contribution in [0.2, 0.25) is 0 Å². The van der Waals surface area contributed by atoms with Crippen molar-refractivity contribution < 1.29 is 0 Å². The molecule has 84 valence electrons. The van der Waals surface area contributed by atoms with Gasteiger partial charge in [0.2, 0.25) is 0 Å². The number of rotatable bonds is 3. The zero-order valence-corrected chi connectivity index (χ0v) is 9.85. The highest BCUT2D eigenvalue weighted by Gasteiger charge is 2.29. The number of aromatic nitrogens is 2. The summed E-state index contributed by atoms with van der Waals surface area (Å²) in [6.07, 6.45) is 6.41. The third-order valence-electron chi connectivity index (χ3n) is 3.50. The molecule has 1 fully saturated rings. The average molecular weight is 207 g/mol. The first-order chi connectivity index (χ1) is 7.09. The van der Waals surface area contributed by atoms with E-state index in [0.29, 0.717) is 12.0 Å². The van der Waals surface area contributed by atoms with E-state index in [0.717, 1.165) is 5.92 Å². The van der Waals surface area contributed by atoms with Crippen molar-refractivity contribution in [3.05, 3.63) is 18.2 Å². The third kappa shape index (κ3) is 1.93. The van der Waals surface area contributed by atoms with Crippen LogP contribution in [0.5, 0.6) is 0 Å².